The third-order valence-corrected chi connectivity index (χ3v) is 4.78. The monoisotopic (exact) mass is 302 g/mol. The van der Waals surface area contributed by atoms with Crippen LogP contribution in [0.1, 0.15) is 54.0 Å². The Balaban J connectivity index is 2.26. The van der Waals surface area contributed by atoms with Crippen LogP contribution in [0.5, 0.6) is 0 Å². The Morgan fingerprint density at radius 2 is 2.00 bits per heavy atom. The number of carbonyl (C=O) groups excluding carboxylic acids is 1. The highest BCUT2D eigenvalue weighted by atomic mass is 32.1. The first-order valence-electron chi connectivity index (χ1n) is 7.44. The average molecular weight is 302 g/mol. The smallest absolute Gasteiger partial charge is 0.186 e. The first kappa shape index (κ1) is 15.7. The lowest BCUT2D eigenvalue weighted by Gasteiger charge is -2.19. The number of nitrogens with zero attached hydrogens (tertiary/aromatic N) is 2. The van der Waals surface area contributed by atoms with Crippen LogP contribution in [0.4, 0.5) is 5.13 Å². The van der Waals surface area contributed by atoms with Crippen LogP contribution in [0.3, 0.4) is 0 Å². The number of rotatable bonds is 7. The van der Waals surface area contributed by atoms with Gasteiger partial charge in [0.25, 0.3) is 0 Å². The number of hydrogen-bond acceptors (Lipinski definition) is 4. The summed E-state index contributed by atoms with van der Waals surface area (Å²) >= 11 is 1.50. The van der Waals surface area contributed by atoms with E-state index in [9.17, 15) is 4.79 Å². The molecule has 1 aromatic carbocycles. The van der Waals surface area contributed by atoms with E-state index in [1.165, 1.54) is 16.9 Å². The number of aromatic nitrogens is 1. The largest absolute Gasteiger partial charge is 0.344 e. The molecule has 4 heteroatoms. The summed E-state index contributed by atoms with van der Waals surface area (Å²) in [5.41, 5.74) is 2.20. The van der Waals surface area contributed by atoms with Crippen LogP contribution in [0, 0.1) is 0 Å². The topological polar surface area (TPSA) is 33.2 Å². The van der Waals surface area contributed by atoms with Gasteiger partial charge in [0, 0.05) is 13.1 Å². The van der Waals surface area contributed by atoms with E-state index in [-0.39, 0.29) is 0 Å². The van der Waals surface area contributed by atoms with Crippen LogP contribution in [0.2, 0.25) is 0 Å². The molecule has 0 saturated heterocycles. The number of thiazole rings is 1. The van der Waals surface area contributed by atoms with E-state index < -0.39 is 0 Å². The molecule has 3 nitrogen and oxygen atoms in total. The molecule has 0 fully saturated rings. The SMILES string of the molecule is CCC(C)c1nc(N(CC)Cc2ccccc2)sc1C=O. The van der Waals surface area contributed by atoms with Gasteiger partial charge in [0.15, 0.2) is 11.4 Å². The summed E-state index contributed by atoms with van der Waals surface area (Å²) in [7, 11) is 0. The lowest BCUT2D eigenvalue weighted by Crippen LogP contribution is -2.21. The van der Waals surface area contributed by atoms with Gasteiger partial charge in [-0.05, 0) is 24.8 Å². The van der Waals surface area contributed by atoms with Gasteiger partial charge in [-0.15, -0.1) is 0 Å². The Kier molecular flexibility index (Phi) is 5.51. The zero-order valence-corrected chi connectivity index (χ0v) is 13.7. The van der Waals surface area contributed by atoms with E-state index in [4.69, 9.17) is 4.98 Å². The number of benzene rings is 1. The molecular formula is C17H22N2OS. The van der Waals surface area contributed by atoms with Gasteiger partial charge < -0.3 is 4.90 Å². The van der Waals surface area contributed by atoms with Crippen LogP contribution in [0.15, 0.2) is 30.3 Å². The van der Waals surface area contributed by atoms with Gasteiger partial charge in [0.2, 0.25) is 0 Å². The normalized spacial score (nSPS) is 12.1. The highest BCUT2D eigenvalue weighted by Crippen LogP contribution is 2.31. The van der Waals surface area contributed by atoms with Gasteiger partial charge >= 0.3 is 0 Å². The molecule has 2 aromatic rings. The molecule has 2 rings (SSSR count). The molecule has 0 bridgehead atoms. The van der Waals surface area contributed by atoms with E-state index in [2.05, 4.69) is 37.8 Å². The summed E-state index contributed by atoms with van der Waals surface area (Å²) in [6.45, 7) is 8.07. The summed E-state index contributed by atoms with van der Waals surface area (Å²) in [4.78, 5) is 19.0. The minimum absolute atomic E-state index is 0.325. The fourth-order valence-electron chi connectivity index (χ4n) is 2.22. The average Bonchev–Trinajstić information content (AvgIpc) is 2.97. The van der Waals surface area contributed by atoms with Crippen molar-refractivity contribution in [3.05, 3.63) is 46.5 Å². The van der Waals surface area contributed by atoms with Crippen molar-refractivity contribution in [2.45, 2.75) is 39.7 Å². The minimum atomic E-state index is 0.325. The number of hydrogen-bond donors (Lipinski definition) is 0. The maximum Gasteiger partial charge on any atom is 0.186 e. The maximum atomic E-state index is 11.3. The van der Waals surface area contributed by atoms with Crippen LogP contribution < -0.4 is 4.90 Å². The zero-order chi connectivity index (χ0) is 15.2. The Morgan fingerprint density at radius 1 is 1.29 bits per heavy atom. The summed E-state index contributed by atoms with van der Waals surface area (Å²) in [5.74, 6) is 0.325. The van der Waals surface area contributed by atoms with Crippen LogP contribution in [-0.4, -0.2) is 17.8 Å². The molecular weight excluding hydrogens is 280 g/mol. The summed E-state index contributed by atoms with van der Waals surface area (Å²) in [5, 5.41) is 0.943. The summed E-state index contributed by atoms with van der Waals surface area (Å²) < 4.78 is 0. The quantitative estimate of drug-likeness (QED) is 0.706. The van der Waals surface area contributed by atoms with E-state index in [1.54, 1.807) is 0 Å². The summed E-state index contributed by atoms with van der Waals surface area (Å²) in [6.07, 6.45) is 1.94. The van der Waals surface area contributed by atoms with Gasteiger partial charge in [0.1, 0.15) is 0 Å². The van der Waals surface area contributed by atoms with Crippen LogP contribution in [0.25, 0.3) is 0 Å². The van der Waals surface area contributed by atoms with Gasteiger partial charge in [-0.2, -0.15) is 0 Å². The molecule has 1 atom stereocenters. The van der Waals surface area contributed by atoms with Crippen LogP contribution in [-0.2, 0) is 6.54 Å². The maximum absolute atomic E-state index is 11.3. The van der Waals surface area contributed by atoms with Gasteiger partial charge in [0.05, 0.1) is 10.6 Å². The summed E-state index contributed by atoms with van der Waals surface area (Å²) in [6, 6.07) is 10.4. The highest BCUT2D eigenvalue weighted by molar-refractivity contribution is 7.17. The molecule has 0 aliphatic heterocycles. The van der Waals surface area contributed by atoms with Gasteiger partial charge in [-0.25, -0.2) is 4.98 Å². The van der Waals surface area contributed by atoms with Crippen molar-refractivity contribution < 1.29 is 4.79 Å². The van der Waals surface area contributed by atoms with E-state index >= 15 is 0 Å². The second-order valence-corrected chi connectivity index (χ2v) is 6.18. The molecule has 0 N–H and O–H groups in total. The Bertz CT molecular complexity index is 580. The number of aldehydes is 1. The second-order valence-electron chi connectivity index (χ2n) is 5.17. The Morgan fingerprint density at radius 3 is 2.57 bits per heavy atom. The fourth-order valence-corrected chi connectivity index (χ4v) is 3.28. The molecule has 0 aliphatic carbocycles. The molecule has 1 unspecified atom stereocenters. The number of anilines is 1. The predicted octanol–water partition coefficient (Wildman–Crippen LogP) is 4.50. The van der Waals surface area contributed by atoms with Gasteiger partial charge in [-0.3, -0.25) is 4.79 Å². The van der Waals surface area contributed by atoms with Crippen molar-refractivity contribution in [1.82, 2.24) is 4.98 Å². The zero-order valence-electron chi connectivity index (χ0n) is 12.9. The standard InChI is InChI=1S/C17H22N2OS/c1-4-13(3)16-15(12-20)21-17(18-16)19(5-2)11-14-9-7-6-8-10-14/h6-10,12-13H,4-5,11H2,1-3H3. The molecule has 0 radical (unpaired) electrons. The van der Waals surface area contributed by atoms with Crippen molar-refractivity contribution in [3.63, 3.8) is 0 Å². The third-order valence-electron chi connectivity index (χ3n) is 3.72. The Labute approximate surface area is 130 Å². The Hall–Kier alpha value is -1.68. The van der Waals surface area contributed by atoms with Crippen molar-refractivity contribution in [3.8, 4) is 0 Å². The van der Waals surface area contributed by atoms with Gasteiger partial charge in [-0.1, -0.05) is 55.5 Å². The molecule has 0 aliphatic rings. The predicted molar refractivity (Wildman–Crippen MR) is 89.4 cm³/mol. The lowest BCUT2D eigenvalue weighted by atomic mass is 10.0. The molecule has 0 spiro atoms. The second kappa shape index (κ2) is 7.36. The number of carbonyl (C=O) groups is 1. The van der Waals surface area contributed by atoms with Crippen LogP contribution >= 0.6 is 11.3 Å². The fraction of sp³-hybridized carbons (Fsp3) is 0.412. The third kappa shape index (κ3) is 3.70. The van der Waals surface area contributed by atoms with E-state index in [0.717, 1.165) is 41.5 Å². The molecule has 1 heterocycles. The van der Waals surface area contributed by atoms with Crippen molar-refractivity contribution in [2.24, 2.45) is 0 Å². The van der Waals surface area contributed by atoms with Crippen molar-refractivity contribution in [1.29, 1.82) is 0 Å². The first-order chi connectivity index (χ1) is 10.2. The molecule has 112 valence electrons. The van der Waals surface area contributed by atoms with Crippen molar-refractivity contribution in [2.75, 3.05) is 11.4 Å². The molecule has 1 aromatic heterocycles. The lowest BCUT2D eigenvalue weighted by molar-refractivity contribution is 0.112. The first-order valence-corrected chi connectivity index (χ1v) is 8.26. The van der Waals surface area contributed by atoms with E-state index in [0.29, 0.717) is 5.92 Å². The van der Waals surface area contributed by atoms with Crippen molar-refractivity contribution >= 4 is 22.8 Å². The minimum Gasteiger partial charge on any atom is -0.344 e. The highest BCUT2D eigenvalue weighted by Gasteiger charge is 2.18. The molecule has 0 saturated carbocycles. The molecule has 21 heavy (non-hydrogen) atoms. The molecule has 0 amide bonds. The van der Waals surface area contributed by atoms with E-state index in [1.807, 2.05) is 18.2 Å².